The van der Waals surface area contributed by atoms with Crippen LogP contribution in [0.15, 0.2) is 28.7 Å². The van der Waals surface area contributed by atoms with E-state index in [2.05, 4.69) is 15.9 Å². The van der Waals surface area contributed by atoms with Crippen LogP contribution in [0.5, 0.6) is 0 Å². The molecule has 0 amide bonds. The molecule has 0 atom stereocenters. The number of piperidine rings is 1. The number of aliphatic carboxylic acids is 1. The van der Waals surface area contributed by atoms with Crippen LogP contribution in [-0.4, -0.2) is 36.9 Å². The Balaban J connectivity index is 2.05. The highest BCUT2D eigenvalue weighted by atomic mass is 79.9. The van der Waals surface area contributed by atoms with Gasteiger partial charge in [0.25, 0.3) is 0 Å². The monoisotopic (exact) mass is 361 g/mol. The van der Waals surface area contributed by atoms with Crippen molar-refractivity contribution >= 4 is 31.9 Å². The average Bonchev–Trinajstić information content (AvgIpc) is 2.41. The molecule has 0 aliphatic carbocycles. The molecule has 0 radical (unpaired) electrons. The van der Waals surface area contributed by atoms with Crippen LogP contribution in [0.2, 0.25) is 0 Å². The molecule has 1 saturated heterocycles. The molecule has 1 fully saturated rings. The minimum absolute atomic E-state index is 0.0633. The van der Waals surface area contributed by atoms with Gasteiger partial charge in [0.15, 0.2) is 0 Å². The fraction of sp³-hybridized carbons (Fsp3) is 0.462. The minimum Gasteiger partial charge on any atom is -0.481 e. The van der Waals surface area contributed by atoms with Crippen molar-refractivity contribution in [1.29, 1.82) is 0 Å². The number of nitrogens with zero attached hydrogens (tertiary/aromatic N) is 1. The summed E-state index contributed by atoms with van der Waals surface area (Å²) in [5, 5.41) is 8.92. The molecule has 0 aromatic heterocycles. The van der Waals surface area contributed by atoms with Crippen LogP contribution in [0.4, 0.5) is 0 Å². The summed E-state index contributed by atoms with van der Waals surface area (Å²) in [7, 11) is -3.40. The van der Waals surface area contributed by atoms with E-state index in [4.69, 9.17) is 5.11 Å². The van der Waals surface area contributed by atoms with E-state index < -0.39 is 21.9 Å². The van der Waals surface area contributed by atoms with Gasteiger partial charge in [0.1, 0.15) is 0 Å². The van der Waals surface area contributed by atoms with Gasteiger partial charge in [-0.15, -0.1) is 0 Å². The van der Waals surface area contributed by atoms with Crippen molar-refractivity contribution in [3.63, 3.8) is 0 Å². The molecule has 2 rings (SSSR count). The number of hydrogen-bond acceptors (Lipinski definition) is 3. The second-order valence-electron chi connectivity index (χ2n) is 4.86. The lowest BCUT2D eigenvalue weighted by atomic mass is 9.99. The predicted octanol–water partition coefficient (Wildman–Crippen LogP) is 2.08. The Morgan fingerprint density at radius 3 is 2.45 bits per heavy atom. The quantitative estimate of drug-likeness (QED) is 0.890. The third-order valence-corrected chi connectivity index (χ3v) is 6.09. The summed E-state index contributed by atoms with van der Waals surface area (Å²) in [4.78, 5) is 10.9. The van der Waals surface area contributed by atoms with Gasteiger partial charge in [-0.2, -0.15) is 0 Å². The van der Waals surface area contributed by atoms with E-state index >= 15 is 0 Å². The maximum absolute atomic E-state index is 12.3. The second kappa shape index (κ2) is 6.24. The number of benzene rings is 1. The highest BCUT2D eigenvalue weighted by molar-refractivity contribution is 9.10. The summed E-state index contributed by atoms with van der Waals surface area (Å²) in [6.07, 6.45) is 0.759. The van der Waals surface area contributed by atoms with Crippen molar-refractivity contribution < 1.29 is 18.3 Å². The van der Waals surface area contributed by atoms with E-state index in [1.807, 2.05) is 12.1 Å². The maximum atomic E-state index is 12.3. The van der Waals surface area contributed by atoms with Crippen molar-refractivity contribution in [1.82, 2.24) is 4.31 Å². The lowest BCUT2D eigenvalue weighted by molar-refractivity contribution is -0.142. The number of halogens is 1. The summed E-state index contributed by atoms with van der Waals surface area (Å²) in [6, 6.07) is 7.21. The molecule has 5 nitrogen and oxygen atoms in total. The molecule has 20 heavy (non-hydrogen) atoms. The third kappa shape index (κ3) is 3.59. The lowest BCUT2D eigenvalue weighted by Crippen LogP contribution is -2.40. The Morgan fingerprint density at radius 2 is 1.90 bits per heavy atom. The van der Waals surface area contributed by atoms with Crippen molar-refractivity contribution in [3.05, 3.63) is 34.3 Å². The van der Waals surface area contributed by atoms with Gasteiger partial charge in [-0.1, -0.05) is 34.1 Å². The van der Waals surface area contributed by atoms with Gasteiger partial charge in [0.2, 0.25) is 10.0 Å². The predicted molar refractivity (Wildman–Crippen MR) is 78.7 cm³/mol. The summed E-state index contributed by atoms with van der Waals surface area (Å²) in [6.45, 7) is 0.563. The SMILES string of the molecule is O=C(O)C1CCN(S(=O)(=O)Cc2ccccc2Br)CC1. The number of hydrogen-bond donors (Lipinski definition) is 1. The molecule has 0 bridgehead atoms. The molecule has 110 valence electrons. The van der Waals surface area contributed by atoms with Crippen LogP contribution in [0.25, 0.3) is 0 Å². The summed E-state index contributed by atoms with van der Waals surface area (Å²) in [5.74, 6) is -1.33. The zero-order valence-corrected chi connectivity index (χ0v) is 13.2. The molecule has 0 unspecified atom stereocenters. The number of rotatable bonds is 4. The Labute approximate surface area is 126 Å². The van der Waals surface area contributed by atoms with E-state index in [1.54, 1.807) is 12.1 Å². The first kappa shape index (κ1) is 15.5. The molecule has 1 heterocycles. The molecular formula is C13H16BrNO4S. The Kier molecular flexibility index (Phi) is 4.82. The number of carboxylic acid groups (broad SMARTS) is 1. The lowest BCUT2D eigenvalue weighted by Gasteiger charge is -2.29. The molecule has 1 aliphatic rings. The van der Waals surface area contributed by atoms with Crippen LogP contribution >= 0.6 is 15.9 Å². The molecule has 1 aliphatic heterocycles. The second-order valence-corrected chi connectivity index (χ2v) is 7.68. The number of sulfonamides is 1. The smallest absolute Gasteiger partial charge is 0.306 e. The highest BCUT2D eigenvalue weighted by Crippen LogP contribution is 2.24. The normalized spacial score (nSPS) is 18.1. The fourth-order valence-electron chi connectivity index (χ4n) is 2.28. The Morgan fingerprint density at radius 1 is 1.30 bits per heavy atom. The molecule has 1 aromatic carbocycles. The van der Waals surface area contributed by atoms with Crippen molar-refractivity contribution in [3.8, 4) is 0 Å². The van der Waals surface area contributed by atoms with Gasteiger partial charge in [-0.3, -0.25) is 4.79 Å². The van der Waals surface area contributed by atoms with Crippen LogP contribution in [0.1, 0.15) is 18.4 Å². The topological polar surface area (TPSA) is 74.7 Å². The third-order valence-electron chi connectivity index (χ3n) is 3.49. The van der Waals surface area contributed by atoms with E-state index in [0.29, 0.717) is 18.4 Å². The van der Waals surface area contributed by atoms with Gasteiger partial charge < -0.3 is 5.11 Å². The molecule has 0 saturated carbocycles. The van der Waals surface area contributed by atoms with Crippen molar-refractivity contribution in [2.24, 2.45) is 5.92 Å². The number of carboxylic acids is 1. The zero-order valence-electron chi connectivity index (χ0n) is 10.8. The van der Waals surface area contributed by atoms with E-state index in [-0.39, 0.29) is 18.8 Å². The van der Waals surface area contributed by atoms with Crippen LogP contribution in [0, 0.1) is 5.92 Å². The zero-order chi connectivity index (χ0) is 14.8. The van der Waals surface area contributed by atoms with Crippen LogP contribution < -0.4 is 0 Å². The first-order valence-electron chi connectivity index (χ1n) is 6.34. The van der Waals surface area contributed by atoms with E-state index in [0.717, 1.165) is 4.47 Å². The van der Waals surface area contributed by atoms with Gasteiger partial charge in [-0.25, -0.2) is 12.7 Å². The minimum atomic E-state index is -3.40. The van der Waals surface area contributed by atoms with Crippen LogP contribution in [0.3, 0.4) is 0 Å². The summed E-state index contributed by atoms with van der Waals surface area (Å²) < 4.78 is 26.8. The average molecular weight is 362 g/mol. The molecule has 0 spiro atoms. The van der Waals surface area contributed by atoms with E-state index in [1.165, 1.54) is 4.31 Å². The summed E-state index contributed by atoms with van der Waals surface area (Å²) in [5.41, 5.74) is 0.716. The summed E-state index contributed by atoms with van der Waals surface area (Å²) >= 11 is 3.34. The number of carbonyl (C=O) groups is 1. The molecule has 1 aromatic rings. The van der Waals surface area contributed by atoms with Gasteiger partial charge in [-0.05, 0) is 24.5 Å². The largest absolute Gasteiger partial charge is 0.481 e. The fourth-order valence-corrected chi connectivity index (χ4v) is 4.49. The molecular weight excluding hydrogens is 346 g/mol. The van der Waals surface area contributed by atoms with Crippen LogP contribution in [-0.2, 0) is 20.6 Å². The van der Waals surface area contributed by atoms with Gasteiger partial charge in [0, 0.05) is 17.6 Å². The molecule has 1 N–H and O–H groups in total. The molecule has 7 heteroatoms. The Bertz CT molecular complexity index is 594. The van der Waals surface area contributed by atoms with Gasteiger partial charge in [0.05, 0.1) is 11.7 Å². The highest BCUT2D eigenvalue weighted by Gasteiger charge is 2.31. The first-order valence-corrected chi connectivity index (χ1v) is 8.74. The maximum Gasteiger partial charge on any atom is 0.306 e. The van der Waals surface area contributed by atoms with E-state index in [9.17, 15) is 13.2 Å². The van der Waals surface area contributed by atoms with Crippen molar-refractivity contribution in [2.75, 3.05) is 13.1 Å². The van der Waals surface area contributed by atoms with Gasteiger partial charge >= 0.3 is 5.97 Å². The first-order chi connectivity index (χ1) is 9.40. The standard InChI is InChI=1S/C13H16BrNO4S/c14-12-4-2-1-3-11(12)9-20(18,19)15-7-5-10(6-8-15)13(16)17/h1-4,10H,5-9H2,(H,16,17). The Hall–Kier alpha value is -0.920. The van der Waals surface area contributed by atoms with Crippen molar-refractivity contribution in [2.45, 2.75) is 18.6 Å².